The molecule has 128 valence electrons. The zero-order valence-electron chi connectivity index (χ0n) is 11.4. The normalized spacial score (nSPS) is 36.2. The second-order valence-electron chi connectivity index (χ2n) is 5.80. The number of hydrogen-bond donors (Lipinski definition) is 4. The topological polar surface area (TPSA) is 125 Å². The van der Waals surface area contributed by atoms with E-state index in [1.807, 2.05) is 0 Å². The number of ether oxygens (including phenoxy) is 1. The molecule has 1 saturated heterocycles. The Morgan fingerprint density at radius 2 is 1.91 bits per heavy atom. The highest BCUT2D eigenvalue weighted by atomic mass is 19.4. The number of alkyl halides is 3. The van der Waals surface area contributed by atoms with Gasteiger partial charge in [-0.3, -0.25) is 14.3 Å². The van der Waals surface area contributed by atoms with Gasteiger partial charge in [-0.25, -0.2) is 4.79 Å². The molecule has 1 saturated carbocycles. The maximum Gasteiger partial charge on any atom is 0.424 e. The highest BCUT2D eigenvalue weighted by Gasteiger charge is 2.74. The summed E-state index contributed by atoms with van der Waals surface area (Å²) in [4.78, 5) is 24.5. The van der Waals surface area contributed by atoms with Gasteiger partial charge in [0.2, 0.25) is 5.60 Å². The zero-order chi connectivity index (χ0) is 17.2. The van der Waals surface area contributed by atoms with Crippen molar-refractivity contribution in [2.75, 3.05) is 0 Å². The van der Waals surface area contributed by atoms with Crippen molar-refractivity contribution in [3.8, 4) is 0 Å². The first kappa shape index (κ1) is 16.2. The molecule has 0 aromatic carbocycles. The molecule has 4 atom stereocenters. The van der Waals surface area contributed by atoms with E-state index in [4.69, 9.17) is 4.74 Å². The predicted octanol–water partition coefficient (Wildman–Crippen LogP) is -1.39. The Hall–Kier alpha value is -1.69. The molecule has 1 unspecified atom stereocenters. The molecule has 0 radical (unpaired) electrons. The van der Waals surface area contributed by atoms with Crippen LogP contribution >= 0.6 is 0 Å². The molecule has 4 N–H and O–H groups in total. The van der Waals surface area contributed by atoms with Crippen LogP contribution in [0.4, 0.5) is 13.2 Å². The number of nitrogens with zero attached hydrogens (tertiary/aromatic N) is 1. The minimum atomic E-state index is -5.35. The van der Waals surface area contributed by atoms with Gasteiger partial charge in [-0.15, -0.1) is 0 Å². The molecular formula is C12H13F3N2O6. The van der Waals surface area contributed by atoms with E-state index >= 15 is 0 Å². The lowest BCUT2D eigenvalue weighted by Crippen LogP contribution is -2.59. The summed E-state index contributed by atoms with van der Waals surface area (Å²) in [5.74, 6) is 0. The lowest BCUT2D eigenvalue weighted by Gasteiger charge is -2.33. The Morgan fingerprint density at radius 1 is 1.30 bits per heavy atom. The van der Waals surface area contributed by atoms with Crippen LogP contribution in [-0.4, -0.2) is 54.5 Å². The van der Waals surface area contributed by atoms with E-state index in [-0.39, 0.29) is 12.8 Å². The van der Waals surface area contributed by atoms with Gasteiger partial charge >= 0.3 is 11.9 Å². The highest BCUT2D eigenvalue weighted by Crippen LogP contribution is 2.54. The Kier molecular flexibility index (Phi) is 3.28. The second-order valence-corrected chi connectivity index (χ2v) is 5.80. The van der Waals surface area contributed by atoms with Gasteiger partial charge in [0.25, 0.3) is 5.56 Å². The summed E-state index contributed by atoms with van der Waals surface area (Å²) in [5, 5.41) is 30.0. The number of hydrogen-bond acceptors (Lipinski definition) is 6. The van der Waals surface area contributed by atoms with Gasteiger partial charge < -0.3 is 20.1 Å². The number of aromatic amines is 1. The summed E-state index contributed by atoms with van der Waals surface area (Å²) in [6.45, 7) is 0. The number of aromatic nitrogens is 2. The molecular weight excluding hydrogens is 325 g/mol. The summed E-state index contributed by atoms with van der Waals surface area (Å²) < 4.78 is 45.4. The molecule has 0 amide bonds. The van der Waals surface area contributed by atoms with Crippen molar-refractivity contribution in [3.05, 3.63) is 33.1 Å². The van der Waals surface area contributed by atoms with Crippen LogP contribution in [0.2, 0.25) is 0 Å². The predicted molar refractivity (Wildman–Crippen MR) is 66.4 cm³/mol. The Bertz CT molecular complexity index is 739. The fraction of sp³-hybridized carbons (Fsp3) is 0.667. The number of aliphatic hydroxyl groups is 3. The molecule has 0 bridgehead atoms. The van der Waals surface area contributed by atoms with E-state index in [1.54, 1.807) is 4.98 Å². The molecule has 2 fully saturated rings. The fourth-order valence-electron chi connectivity index (χ4n) is 2.72. The summed E-state index contributed by atoms with van der Waals surface area (Å²) in [5.41, 5.74) is -7.62. The van der Waals surface area contributed by atoms with Crippen molar-refractivity contribution in [3.63, 3.8) is 0 Å². The molecule has 1 aromatic rings. The van der Waals surface area contributed by atoms with Gasteiger partial charge in [0.15, 0.2) is 6.23 Å². The monoisotopic (exact) mass is 338 g/mol. The summed E-state index contributed by atoms with van der Waals surface area (Å²) in [7, 11) is 0. The quantitative estimate of drug-likeness (QED) is 0.526. The molecule has 2 heterocycles. The first-order valence-electron chi connectivity index (χ1n) is 6.67. The van der Waals surface area contributed by atoms with Crippen molar-refractivity contribution in [1.29, 1.82) is 0 Å². The molecule has 2 aliphatic rings. The largest absolute Gasteiger partial charge is 0.424 e. The fourth-order valence-corrected chi connectivity index (χ4v) is 2.72. The van der Waals surface area contributed by atoms with Crippen molar-refractivity contribution in [2.24, 2.45) is 0 Å². The van der Waals surface area contributed by atoms with Crippen molar-refractivity contribution in [1.82, 2.24) is 9.55 Å². The lowest BCUT2D eigenvalue weighted by atomic mass is 9.90. The van der Waals surface area contributed by atoms with Crippen LogP contribution in [0.25, 0.3) is 0 Å². The van der Waals surface area contributed by atoms with E-state index in [2.05, 4.69) is 0 Å². The van der Waals surface area contributed by atoms with E-state index in [9.17, 15) is 38.1 Å². The molecule has 1 aromatic heterocycles. The SMILES string of the molecule is O=c1ccn([C@@H]2O[C@H](C3(O)CC3)C(O)[C@]2(O)C(F)(F)F)c(=O)[nH]1. The van der Waals surface area contributed by atoms with Gasteiger partial charge in [-0.2, -0.15) is 13.2 Å². The smallest absolute Gasteiger partial charge is 0.387 e. The van der Waals surface area contributed by atoms with E-state index in [1.165, 1.54) is 0 Å². The number of H-pyrrole nitrogens is 1. The average Bonchev–Trinajstić information content (AvgIpc) is 3.10. The molecule has 11 heteroatoms. The van der Waals surface area contributed by atoms with E-state index in [0.717, 1.165) is 6.07 Å². The van der Waals surface area contributed by atoms with Crippen molar-refractivity contribution >= 4 is 0 Å². The molecule has 1 aliphatic carbocycles. The Morgan fingerprint density at radius 3 is 2.39 bits per heavy atom. The molecule has 8 nitrogen and oxygen atoms in total. The zero-order valence-corrected chi connectivity index (χ0v) is 11.4. The van der Waals surface area contributed by atoms with Crippen LogP contribution < -0.4 is 11.2 Å². The molecule has 23 heavy (non-hydrogen) atoms. The maximum atomic E-state index is 13.4. The van der Waals surface area contributed by atoms with Gasteiger partial charge in [0, 0.05) is 12.3 Å². The molecule has 3 rings (SSSR count). The van der Waals surface area contributed by atoms with Crippen LogP contribution in [0, 0.1) is 0 Å². The maximum absolute atomic E-state index is 13.4. The van der Waals surface area contributed by atoms with Gasteiger partial charge in [-0.1, -0.05) is 0 Å². The average molecular weight is 338 g/mol. The van der Waals surface area contributed by atoms with Gasteiger partial charge in [0.05, 0.1) is 5.60 Å². The summed E-state index contributed by atoms with van der Waals surface area (Å²) in [6, 6.07) is 0.771. The lowest BCUT2D eigenvalue weighted by molar-refractivity contribution is -0.304. The number of aliphatic hydroxyl groups excluding tert-OH is 1. The first-order chi connectivity index (χ1) is 10.5. The number of nitrogens with one attached hydrogen (secondary N) is 1. The number of halogens is 3. The molecule has 1 aliphatic heterocycles. The molecule has 0 spiro atoms. The van der Waals surface area contributed by atoms with Crippen LogP contribution in [-0.2, 0) is 4.74 Å². The number of rotatable bonds is 2. The summed E-state index contributed by atoms with van der Waals surface area (Å²) in [6.07, 6.45) is -11.0. The third-order valence-corrected chi connectivity index (χ3v) is 4.24. The van der Waals surface area contributed by atoms with Gasteiger partial charge in [0.1, 0.15) is 12.2 Å². The van der Waals surface area contributed by atoms with Crippen molar-refractivity contribution < 1.29 is 33.2 Å². The van der Waals surface area contributed by atoms with Crippen LogP contribution in [0.5, 0.6) is 0 Å². The Labute approximate surface area is 125 Å². The van der Waals surface area contributed by atoms with E-state index in [0.29, 0.717) is 10.8 Å². The first-order valence-corrected chi connectivity index (χ1v) is 6.67. The second kappa shape index (κ2) is 4.66. The third-order valence-electron chi connectivity index (χ3n) is 4.24. The van der Waals surface area contributed by atoms with Crippen LogP contribution in [0.15, 0.2) is 21.9 Å². The van der Waals surface area contributed by atoms with Crippen LogP contribution in [0.3, 0.4) is 0 Å². The third kappa shape index (κ3) is 2.23. The summed E-state index contributed by atoms with van der Waals surface area (Å²) >= 11 is 0. The van der Waals surface area contributed by atoms with Crippen molar-refractivity contribution in [2.45, 2.75) is 48.7 Å². The standard InChI is InChI=1S/C12H13F3N2O6/c13-12(14,15)11(22)6(19)7(10(21)2-3-10)23-8(11)17-4-1-5(18)16-9(17)20/h1,4,6-8,19,21-22H,2-3H2,(H,16,18,20)/t6?,7-,8+,11+/m0/s1. The minimum Gasteiger partial charge on any atom is -0.387 e. The van der Waals surface area contributed by atoms with Crippen LogP contribution in [0.1, 0.15) is 19.1 Å². The van der Waals surface area contributed by atoms with Gasteiger partial charge in [-0.05, 0) is 12.8 Å². The van der Waals surface area contributed by atoms with E-state index < -0.39 is 47.1 Å². The minimum absolute atomic E-state index is 0.0932. The highest BCUT2D eigenvalue weighted by molar-refractivity contribution is 5.15. The Balaban J connectivity index is 2.13.